The number of nitrogens with zero attached hydrogens (tertiary/aromatic N) is 2. The van der Waals surface area contributed by atoms with Crippen LogP contribution in [0.2, 0.25) is 0 Å². The SMILES string of the molecule is N#CC(C#N)=CNc1cc(F)cc(F)c1F. The van der Waals surface area contributed by atoms with Crippen LogP contribution >= 0.6 is 0 Å². The molecule has 1 aromatic carbocycles. The second kappa shape index (κ2) is 4.85. The van der Waals surface area contributed by atoms with Gasteiger partial charge in [0.2, 0.25) is 0 Å². The van der Waals surface area contributed by atoms with Gasteiger partial charge in [-0.1, -0.05) is 0 Å². The minimum atomic E-state index is -1.36. The number of anilines is 1. The molecule has 16 heavy (non-hydrogen) atoms. The van der Waals surface area contributed by atoms with Crippen molar-refractivity contribution in [1.82, 2.24) is 0 Å². The Morgan fingerprint density at radius 2 is 1.81 bits per heavy atom. The molecule has 0 fully saturated rings. The molecule has 0 saturated carbocycles. The Balaban J connectivity index is 3.05. The summed E-state index contributed by atoms with van der Waals surface area (Å²) in [5, 5.41) is 18.9. The maximum atomic E-state index is 13.0. The maximum absolute atomic E-state index is 13.0. The van der Waals surface area contributed by atoms with Crippen LogP contribution in [-0.2, 0) is 0 Å². The van der Waals surface area contributed by atoms with Crippen LogP contribution in [0.25, 0.3) is 0 Å². The summed E-state index contributed by atoms with van der Waals surface area (Å²) < 4.78 is 38.5. The lowest BCUT2D eigenvalue weighted by Gasteiger charge is -2.03. The third kappa shape index (κ3) is 2.52. The van der Waals surface area contributed by atoms with Crippen LogP contribution in [0.4, 0.5) is 18.9 Å². The van der Waals surface area contributed by atoms with Crippen molar-refractivity contribution in [2.24, 2.45) is 0 Å². The van der Waals surface area contributed by atoms with E-state index in [2.05, 4.69) is 5.32 Å². The summed E-state index contributed by atoms with van der Waals surface area (Å²) in [4.78, 5) is 0. The summed E-state index contributed by atoms with van der Waals surface area (Å²) in [5.41, 5.74) is -0.829. The van der Waals surface area contributed by atoms with E-state index < -0.39 is 23.1 Å². The van der Waals surface area contributed by atoms with E-state index in [1.807, 2.05) is 0 Å². The van der Waals surface area contributed by atoms with E-state index in [0.29, 0.717) is 12.1 Å². The first-order chi connectivity index (χ1) is 7.58. The highest BCUT2D eigenvalue weighted by atomic mass is 19.2. The zero-order chi connectivity index (χ0) is 12.1. The Morgan fingerprint density at radius 3 is 2.38 bits per heavy atom. The number of halogens is 3. The lowest BCUT2D eigenvalue weighted by Crippen LogP contribution is -1.97. The number of nitriles is 2. The lowest BCUT2D eigenvalue weighted by molar-refractivity contribution is 0.498. The Hall–Kier alpha value is -2.47. The molecule has 0 saturated heterocycles. The second-order valence-corrected chi connectivity index (χ2v) is 2.68. The minimum absolute atomic E-state index is 0.343. The molecule has 0 unspecified atom stereocenters. The van der Waals surface area contributed by atoms with E-state index in [0.717, 1.165) is 6.20 Å². The van der Waals surface area contributed by atoms with Gasteiger partial charge in [-0.15, -0.1) is 0 Å². The number of hydrogen-bond donors (Lipinski definition) is 1. The molecule has 0 aliphatic carbocycles. The topological polar surface area (TPSA) is 59.6 Å². The zero-order valence-corrected chi connectivity index (χ0v) is 7.76. The molecule has 1 N–H and O–H groups in total. The van der Waals surface area contributed by atoms with Crippen molar-refractivity contribution in [3.63, 3.8) is 0 Å². The first kappa shape index (κ1) is 11.6. The fraction of sp³-hybridized carbons (Fsp3) is 0. The van der Waals surface area contributed by atoms with E-state index >= 15 is 0 Å². The Morgan fingerprint density at radius 1 is 1.19 bits per heavy atom. The molecular weight excluding hydrogens is 219 g/mol. The Bertz CT molecular complexity index is 507. The average Bonchev–Trinajstić information content (AvgIpc) is 2.26. The quantitative estimate of drug-likeness (QED) is 0.618. The van der Waals surface area contributed by atoms with Crippen LogP contribution in [0.5, 0.6) is 0 Å². The minimum Gasteiger partial charge on any atom is -0.357 e. The van der Waals surface area contributed by atoms with Gasteiger partial charge >= 0.3 is 0 Å². The van der Waals surface area contributed by atoms with Crippen LogP contribution in [0, 0.1) is 40.1 Å². The van der Waals surface area contributed by atoms with Gasteiger partial charge in [0.1, 0.15) is 23.5 Å². The van der Waals surface area contributed by atoms with E-state index in [9.17, 15) is 13.2 Å². The van der Waals surface area contributed by atoms with E-state index in [-0.39, 0.29) is 5.57 Å². The molecule has 0 bridgehead atoms. The monoisotopic (exact) mass is 223 g/mol. The number of nitrogens with one attached hydrogen (secondary N) is 1. The van der Waals surface area contributed by atoms with Crippen molar-refractivity contribution in [3.8, 4) is 12.1 Å². The highest BCUT2D eigenvalue weighted by molar-refractivity contribution is 5.50. The summed E-state index contributed by atoms with van der Waals surface area (Å²) in [5.74, 6) is -3.61. The van der Waals surface area contributed by atoms with E-state index in [1.165, 1.54) is 12.1 Å². The molecule has 0 heterocycles. The van der Waals surface area contributed by atoms with Gasteiger partial charge in [0.25, 0.3) is 0 Å². The highest BCUT2D eigenvalue weighted by Crippen LogP contribution is 2.19. The molecule has 0 aliphatic heterocycles. The lowest BCUT2D eigenvalue weighted by atomic mass is 10.2. The van der Waals surface area contributed by atoms with Crippen LogP contribution in [0.15, 0.2) is 23.9 Å². The fourth-order valence-electron chi connectivity index (χ4n) is 0.900. The van der Waals surface area contributed by atoms with Gasteiger partial charge in [0.15, 0.2) is 11.6 Å². The van der Waals surface area contributed by atoms with Crippen molar-refractivity contribution < 1.29 is 13.2 Å². The molecule has 1 rings (SSSR count). The summed E-state index contributed by atoms with van der Waals surface area (Å²) in [6, 6.07) is 4.09. The molecule has 0 atom stereocenters. The smallest absolute Gasteiger partial charge is 0.182 e. The number of hydrogen-bond acceptors (Lipinski definition) is 3. The molecule has 3 nitrogen and oxygen atoms in total. The van der Waals surface area contributed by atoms with E-state index in [1.54, 1.807) is 0 Å². The molecule has 1 aromatic rings. The normalized spacial score (nSPS) is 8.81. The van der Waals surface area contributed by atoms with Gasteiger partial charge < -0.3 is 5.32 Å². The second-order valence-electron chi connectivity index (χ2n) is 2.68. The Kier molecular flexibility index (Phi) is 3.52. The summed E-state index contributed by atoms with van der Waals surface area (Å²) in [6.07, 6.45) is 0.858. The van der Waals surface area contributed by atoms with E-state index in [4.69, 9.17) is 10.5 Å². The molecule has 0 aliphatic rings. The fourth-order valence-corrected chi connectivity index (χ4v) is 0.900. The summed E-state index contributed by atoms with van der Waals surface area (Å²) in [7, 11) is 0. The highest BCUT2D eigenvalue weighted by Gasteiger charge is 2.09. The molecule has 6 heteroatoms. The van der Waals surface area contributed by atoms with Gasteiger partial charge in [-0.05, 0) is 0 Å². The summed E-state index contributed by atoms with van der Waals surface area (Å²) >= 11 is 0. The van der Waals surface area contributed by atoms with Crippen molar-refractivity contribution >= 4 is 5.69 Å². The van der Waals surface area contributed by atoms with Crippen LogP contribution in [-0.4, -0.2) is 0 Å². The molecule has 0 spiro atoms. The molecule has 0 radical (unpaired) electrons. The number of allylic oxidation sites excluding steroid dienone is 1. The Labute approximate surface area is 89.0 Å². The van der Waals surface area contributed by atoms with Crippen molar-refractivity contribution in [2.45, 2.75) is 0 Å². The standard InChI is InChI=1S/C10H4F3N3/c11-7-1-8(12)10(13)9(2-7)16-5-6(3-14)4-15/h1-2,5,16H. The van der Waals surface area contributed by atoms with Gasteiger partial charge in [0, 0.05) is 18.3 Å². The largest absolute Gasteiger partial charge is 0.357 e. The maximum Gasteiger partial charge on any atom is 0.182 e. The number of rotatable bonds is 2. The van der Waals surface area contributed by atoms with Crippen LogP contribution in [0.1, 0.15) is 0 Å². The van der Waals surface area contributed by atoms with Crippen molar-refractivity contribution in [2.75, 3.05) is 5.32 Å². The van der Waals surface area contributed by atoms with Gasteiger partial charge in [0.05, 0.1) is 5.69 Å². The molecule has 0 aromatic heterocycles. The average molecular weight is 223 g/mol. The zero-order valence-electron chi connectivity index (χ0n) is 7.76. The van der Waals surface area contributed by atoms with Crippen LogP contribution < -0.4 is 5.32 Å². The number of benzene rings is 1. The van der Waals surface area contributed by atoms with Gasteiger partial charge in [-0.2, -0.15) is 10.5 Å². The van der Waals surface area contributed by atoms with Crippen molar-refractivity contribution in [1.29, 1.82) is 10.5 Å². The van der Waals surface area contributed by atoms with Gasteiger partial charge in [-0.3, -0.25) is 0 Å². The van der Waals surface area contributed by atoms with Gasteiger partial charge in [-0.25, -0.2) is 13.2 Å². The third-order valence-corrected chi connectivity index (χ3v) is 1.61. The van der Waals surface area contributed by atoms with Crippen LogP contribution in [0.3, 0.4) is 0 Å². The third-order valence-electron chi connectivity index (χ3n) is 1.61. The molecular formula is C10H4F3N3. The summed E-state index contributed by atoms with van der Waals surface area (Å²) in [6.45, 7) is 0. The first-order valence-corrected chi connectivity index (χ1v) is 4.00. The molecule has 80 valence electrons. The molecule has 0 amide bonds. The predicted octanol–water partition coefficient (Wildman–Crippen LogP) is 2.45. The first-order valence-electron chi connectivity index (χ1n) is 4.00. The predicted molar refractivity (Wildman–Crippen MR) is 49.2 cm³/mol. The van der Waals surface area contributed by atoms with Crippen molar-refractivity contribution in [3.05, 3.63) is 41.4 Å².